The van der Waals surface area contributed by atoms with Crippen molar-refractivity contribution in [1.82, 2.24) is 0 Å². The second-order valence-electron chi connectivity index (χ2n) is 3.77. The topological polar surface area (TPSA) is 38.3 Å². The molecule has 0 radical (unpaired) electrons. The molecular weight excluding hydrogens is 238 g/mol. The molecule has 0 bridgehead atoms. The summed E-state index contributed by atoms with van der Waals surface area (Å²) in [5.74, 6) is 1.18. The summed E-state index contributed by atoms with van der Waals surface area (Å²) in [6, 6.07) is 5.72. The molecular formula is C13H18ClNO2. The maximum Gasteiger partial charge on any atom is 0.224 e. The van der Waals surface area contributed by atoms with Crippen LogP contribution in [0.2, 0.25) is 0 Å². The van der Waals surface area contributed by atoms with E-state index in [1.54, 1.807) is 0 Å². The molecule has 1 aromatic carbocycles. The Morgan fingerprint density at radius 3 is 2.88 bits per heavy atom. The number of alkyl halides is 1. The Labute approximate surface area is 107 Å². The van der Waals surface area contributed by atoms with E-state index in [2.05, 4.69) is 5.32 Å². The molecule has 0 spiro atoms. The molecule has 1 N–H and O–H groups in total. The average molecular weight is 256 g/mol. The van der Waals surface area contributed by atoms with Crippen molar-refractivity contribution in [3.05, 3.63) is 23.8 Å². The monoisotopic (exact) mass is 255 g/mol. The predicted molar refractivity (Wildman–Crippen MR) is 70.9 cm³/mol. The van der Waals surface area contributed by atoms with E-state index < -0.39 is 0 Å². The van der Waals surface area contributed by atoms with E-state index in [1.165, 1.54) is 0 Å². The van der Waals surface area contributed by atoms with Gasteiger partial charge in [-0.3, -0.25) is 4.79 Å². The molecule has 0 heterocycles. The number of carbonyl (C=O) groups is 1. The van der Waals surface area contributed by atoms with Gasteiger partial charge in [-0.05, 0) is 38.0 Å². The first-order valence-corrected chi connectivity index (χ1v) is 6.30. The van der Waals surface area contributed by atoms with Crippen LogP contribution < -0.4 is 10.1 Å². The normalized spacial score (nSPS) is 10.1. The highest BCUT2D eigenvalue weighted by atomic mass is 35.5. The van der Waals surface area contributed by atoms with E-state index in [0.717, 1.165) is 11.3 Å². The zero-order valence-corrected chi connectivity index (χ0v) is 11.0. The highest BCUT2D eigenvalue weighted by Crippen LogP contribution is 2.25. The number of hydrogen-bond acceptors (Lipinski definition) is 2. The van der Waals surface area contributed by atoms with Gasteiger partial charge in [0.2, 0.25) is 5.91 Å². The van der Waals surface area contributed by atoms with Crippen molar-refractivity contribution in [1.29, 1.82) is 0 Å². The van der Waals surface area contributed by atoms with Gasteiger partial charge in [0.25, 0.3) is 0 Å². The van der Waals surface area contributed by atoms with Crippen molar-refractivity contribution < 1.29 is 9.53 Å². The molecule has 0 fully saturated rings. The maximum atomic E-state index is 11.6. The first kappa shape index (κ1) is 13.8. The standard InChI is InChI=1S/C13H18ClNO2/c1-3-17-12-9-10(2)6-7-11(12)15-13(16)5-4-8-14/h6-7,9H,3-5,8H2,1-2H3,(H,15,16). The number of anilines is 1. The van der Waals surface area contributed by atoms with Crippen molar-refractivity contribution in [2.24, 2.45) is 0 Å². The van der Waals surface area contributed by atoms with Crippen LogP contribution in [0.15, 0.2) is 18.2 Å². The highest BCUT2D eigenvalue weighted by Gasteiger charge is 2.07. The minimum atomic E-state index is -0.0320. The third-order valence-corrected chi connectivity index (χ3v) is 2.52. The maximum absolute atomic E-state index is 11.6. The molecule has 0 aliphatic heterocycles. The van der Waals surface area contributed by atoms with Gasteiger partial charge in [0.1, 0.15) is 5.75 Å². The van der Waals surface area contributed by atoms with Crippen LogP contribution in [0.1, 0.15) is 25.3 Å². The Morgan fingerprint density at radius 2 is 2.24 bits per heavy atom. The lowest BCUT2D eigenvalue weighted by molar-refractivity contribution is -0.116. The van der Waals surface area contributed by atoms with Gasteiger partial charge in [0.15, 0.2) is 0 Å². The summed E-state index contributed by atoms with van der Waals surface area (Å²) in [6.45, 7) is 4.48. The van der Waals surface area contributed by atoms with Crippen LogP contribution in [0.25, 0.3) is 0 Å². The van der Waals surface area contributed by atoms with Gasteiger partial charge in [-0.1, -0.05) is 6.07 Å². The Morgan fingerprint density at radius 1 is 1.47 bits per heavy atom. The summed E-state index contributed by atoms with van der Waals surface area (Å²) in [5.41, 5.74) is 1.82. The number of nitrogens with one attached hydrogen (secondary N) is 1. The van der Waals surface area contributed by atoms with Crippen molar-refractivity contribution >= 4 is 23.2 Å². The molecule has 0 atom stereocenters. The lowest BCUT2D eigenvalue weighted by Crippen LogP contribution is -2.12. The second-order valence-corrected chi connectivity index (χ2v) is 4.15. The van der Waals surface area contributed by atoms with Gasteiger partial charge in [0, 0.05) is 12.3 Å². The third kappa shape index (κ3) is 4.65. The van der Waals surface area contributed by atoms with Crippen LogP contribution in [0.4, 0.5) is 5.69 Å². The number of benzene rings is 1. The summed E-state index contributed by atoms with van der Waals surface area (Å²) in [6.07, 6.45) is 1.12. The third-order valence-electron chi connectivity index (χ3n) is 2.25. The van der Waals surface area contributed by atoms with Crippen LogP contribution in [-0.2, 0) is 4.79 Å². The number of hydrogen-bond donors (Lipinski definition) is 1. The lowest BCUT2D eigenvalue weighted by atomic mass is 10.2. The number of aryl methyl sites for hydroxylation is 1. The number of ether oxygens (including phenoxy) is 1. The predicted octanol–water partition coefficient (Wildman–Crippen LogP) is 3.35. The molecule has 94 valence electrons. The Balaban J connectivity index is 2.72. The largest absolute Gasteiger partial charge is 0.492 e. The van der Waals surface area contributed by atoms with E-state index in [1.807, 2.05) is 32.0 Å². The quantitative estimate of drug-likeness (QED) is 0.792. The van der Waals surface area contributed by atoms with E-state index in [9.17, 15) is 4.79 Å². The highest BCUT2D eigenvalue weighted by molar-refractivity contribution is 6.18. The Bertz CT molecular complexity index is 380. The van der Waals surface area contributed by atoms with Crippen LogP contribution in [-0.4, -0.2) is 18.4 Å². The first-order chi connectivity index (χ1) is 8.17. The smallest absolute Gasteiger partial charge is 0.224 e. The molecule has 3 nitrogen and oxygen atoms in total. The number of carbonyl (C=O) groups excluding carboxylic acids is 1. The summed E-state index contributed by atoms with van der Waals surface area (Å²) < 4.78 is 5.48. The van der Waals surface area contributed by atoms with Gasteiger partial charge in [-0.15, -0.1) is 11.6 Å². The molecule has 0 aliphatic rings. The fourth-order valence-electron chi connectivity index (χ4n) is 1.45. The van der Waals surface area contributed by atoms with Crippen LogP contribution >= 0.6 is 11.6 Å². The first-order valence-electron chi connectivity index (χ1n) is 5.76. The molecule has 4 heteroatoms. The average Bonchev–Trinajstić information content (AvgIpc) is 2.30. The molecule has 17 heavy (non-hydrogen) atoms. The molecule has 1 aromatic rings. The number of amides is 1. The zero-order chi connectivity index (χ0) is 12.7. The minimum Gasteiger partial charge on any atom is -0.492 e. The fourth-order valence-corrected chi connectivity index (χ4v) is 1.58. The van der Waals surface area contributed by atoms with Crippen LogP contribution in [0.5, 0.6) is 5.75 Å². The van der Waals surface area contributed by atoms with E-state index >= 15 is 0 Å². The SMILES string of the molecule is CCOc1cc(C)ccc1NC(=O)CCCCl. The number of halogens is 1. The van der Waals surface area contributed by atoms with Crippen molar-refractivity contribution in [2.45, 2.75) is 26.7 Å². The molecule has 0 aliphatic carbocycles. The van der Waals surface area contributed by atoms with Crippen molar-refractivity contribution in [2.75, 3.05) is 17.8 Å². The Hall–Kier alpha value is -1.22. The van der Waals surface area contributed by atoms with Gasteiger partial charge < -0.3 is 10.1 Å². The summed E-state index contributed by atoms with van der Waals surface area (Å²) in [5, 5.41) is 2.83. The van der Waals surface area contributed by atoms with Crippen LogP contribution in [0, 0.1) is 6.92 Å². The van der Waals surface area contributed by atoms with Crippen LogP contribution in [0.3, 0.4) is 0 Å². The minimum absolute atomic E-state index is 0.0320. The summed E-state index contributed by atoms with van der Waals surface area (Å²) >= 11 is 5.55. The zero-order valence-electron chi connectivity index (χ0n) is 10.3. The van der Waals surface area contributed by atoms with Gasteiger partial charge >= 0.3 is 0 Å². The van der Waals surface area contributed by atoms with Crippen molar-refractivity contribution in [3.8, 4) is 5.75 Å². The second kappa shape index (κ2) is 7.17. The summed E-state index contributed by atoms with van der Waals surface area (Å²) in [4.78, 5) is 11.6. The fraction of sp³-hybridized carbons (Fsp3) is 0.462. The van der Waals surface area contributed by atoms with E-state index in [4.69, 9.17) is 16.3 Å². The van der Waals surface area contributed by atoms with Gasteiger partial charge in [-0.25, -0.2) is 0 Å². The van der Waals surface area contributed by atoms with E-state index in [0.29, 0.717) is 31.1 Å². The molecule has 1 amide bonds. The Kier molecular flexibility index (Phi) is 5.84. The van der Waals surface area contributed by atoms with Gasteiger partial charge in [-0.2, -0.15) is 0 Å². The van der Waals surface area contributed by atoms with Crippen molar-refractivity contribution in [3.63, 3.8) is 0 Å². The molecule has 0 saturated heterocycles. The van der Waals surface area contributed by atoms with Gasteiger partial charge in [0.05, 0.1) is 12.3 Å². The van der Waals surface area contributed by atoms with E-state index in [-0.39, 0.29) is 5.91 Å². The molecule has 0 saturated carbocycles. The molecule has 0 unspecified atom stereocenters. The number of rotatable bonds is 6. The molecule has 1 rings (SSSR count). The molecule has 0 aromatic heterocycles. The lowest BCUT2D eigenvalue weighted by Gasteiger charge is -2.12. The summed E-state index contributed by atoms with van der Waals surface area (Å²) in [7, 11) is 0.